The number of Topliss-reactive ketones (excluding diaryl/α,β-unsaturated/α-hetero) is 1. The molecule has 4 rings (SSSR count). The van der Waals surface area contributed by atoms with E-state index in [4.69, 9.17) is 4.74 Å². The van der Waals surface area contributed by atoms with Crippen LogP contribution in [0.1, 0.15) is 37.6 Å². The zero-order chi connectivity index (χ0) is 22.0. The van der Waals surface area contributed by atoms with Crippen LogP contribution in [0.25, 0.3) is 0 Å². The van der Waals surface area contributed by atoms with Crippen molar-refractivity contribution in [2.75, 3.05) is 11.5 Å². The first-order valence-corrected chi connectivity index (χ1v) is 11.8. The normalized spacial score (nSPS) is 32.5. The lowest BCUT2D eigenvalue weighted by Gasteiger charge is -2.28. The lowest BCUT2D eigenvalue weighted by molar-refractivity contribution is -0.129. The smallest absolute Gasteiger partial charge is 0.338 e. The number of hydrogen-bond acceptors (Lipinski definition) is 5. The molecule has 1 aromatic rings. The molecule has 0 radical (unpaired) electrons. The molecule has 1 heterocycles. The molecule has 0 aromatic heterocycles. The lowest BCUT2D eigenvalue weighted by atomic mass is 9.81. The summed E-state index contributed by atoms with van der Waals surface area (Å²) in [5, 5.41) is 0. The third kappa shape index (κ3) is 3.36. The van der Waals surface area contributed by atoms with Crippen LogP contribution in [0, 0.1) is 29.1 Å². The van der Waals surface area contributed by atoms with E-state index in [1.807, 2.05) is 0 Å². The number of imide groups is 1. The predicted molar refractivity (Wildman–Crippen MR) is 118 cm³/mol. The molecule has 1 aromatic carbocycles. The number of esters is 1. The second-order valence-corrected chi connectivity index (χ2v) is 11.4. The summed E-state index contributed by atoms with van der Waals surface area (Å²) < 4.78 is 5.15. The van der Waals surface area contributed by atoms with E-state index in [0.717, 1.165) is 6.42 Å². The zero-order valence-electron chi connectivity index (χ0n) is 16.9. The molecule has 0 N–H and O–H groups in total. The van der Waals surface area contributed by atoms with Crippen molar-refractivity contribution in [3.8, 4) is 0 Å². The number of ketones is 1. The maximum absolute atomic E-state index is 13.2. The molecule has 3 fully saturated rings. The molecule has 30 heavy (non-hydrogen) atoms. The molecule has 2 bridgehead atoms. The standard InChI is InChI=1S/C22H23Br2NO5/c1-22(2,3)14(26)9-30-21(29)10-5-4-6-11(7-10)25-19(27)15-12-8-13(16(15)20(25)28)18(24)17(12)23/h4-7,12-13,15-18H,8-9H2,1-3H3/t12-,13-,15-,16+,17-,18+/m0/s1. The molecule has 160 valence electrons. The summed E-state index contributed by atoms with van der Waals surface area (Å²) in [4.78, 5) is 52.3. The van der Waals surface area contributed by atoms with Gasteiger partial charge >= 0.3 is 5.97 Å². The van der Waals surface area contributed by atoms with Crippen LogP contribution in [0.2, 0.25) is 0 Å². The highest BCUT2D eigenvalue weighted by Crippen LogP contribution is 2.60. The maximum atomic E-state index is 13.2. The van der Waals surface area contributed by atoms with Crippen LogP contribution in [-0.4, -0.2) is 39.8 Å². The van der Waals surface area contributed by atoms with Crippen molar-refractivity contribution in [2.45, 2.75) is 36.8 Å². The van der Waals surface area contributed by atoms with Gasteiger partial charge in [-0.15, -0.1) is 0 Å². The largest absolute Gasteiger partial charge is 0.454 e. The Balaban J connectivity index is 1.53. The number of fused-ring (bicyclic) bond motifs is 5. The summed E-state index contributed by atoms with van der Waals surface area (Å²) >= 11 is 7.35. The first-order valence-electron chi connectivity index (χ1n) is 9.99. The Morgan fingerprint density at radius 2 is 1.63 bits per heavy atom. The van der Waals surface area contributed by atoms with Gasteiger partial charge < -0.3 is 4.74 Å². The van der Waals surface area contributed by atoms with Gasteiger partial charge in [-0.3, -0.25) is 19.3 Å². The highest BCUT2D eigenvalue weighted by atomic mass is 79.9. The Hall–Kier alpha value is -1.54. The molecule has 2 amide bonds. The number of anilines is 1. The fourth-order valence-corrected chi connectivity index (χ4v) is 6.68. The molecule has 6 atom stereocenters. The third-order valence-electron chi connectivity index (χ3n) is 6.50. The lowest BCUT2D eigenvalue weighted by Crippen LogP contribution is -2.37. The summed E-state index contributed by atoms with van der Waals surface area (Å²) in [7, 11) is 0. The van der Waals surface area contributed by atoms with Crippen molar-refractivity contribution >= 4 is 61.1 Å². The molecule has 6 nitrogen and oxygen atoms in total. The molecule has 3 aliphatic rings. The van der Waals surface area contributed by atoms with Gasteiger partial charge in [0.15, 0.2) is 12.4 Å². The van der Waals surface area contributed by atoms with Gasteiger partial charge in [0.05, 0.1) is 23.1 Å². The molecule has 2 aliphatic carbocycles. The van der Waals surface area contributed by atoms with Crippen molar-refractivity contribution in [3.05, 3.63) is 29.8 Å². The van der Waals surface area contributed by atoms with Gasteiger partial charge in [0.25, 0.3) is 0 Å². The summed E-state index contributed by atoms with van der Waals surface area (Å²) in [6.45, 7) is 4.95. The number of hydrogen-bond donors (Lipinski definition) is 0. The molecule has 1 aliphatic heterocycles. The number of carbonyl (C=O) groups excluding carboxylic acids is 4. The third-order valence-corrected chi connectivity index (χ3v) is 9.70. The van der Waals surface area contributed by atoms with Crippen LogP contribution in [0.3, 0.4) is 0 Å². The Morgan fingerprint density at radius 3 is 2.17 bits per heavy atom. The van der Waals surface area contributed by atoms with Crippen LogP contribution in [-0.2, 0) is 19.1 Å². The van der Waals surface area contributed by atoms with Gasteiger partial charge in [0.2, 0.25) is 11.8 Å². The molecule has 1 saturated heterocycles. The first kappa shape index (κ1) is 21.7. The van der Waals surface area contributed by atoms with Gasteiger partial charge in [0, 0.05) is 15.1 Å². The second kappa shape index (κ2) is 7.55. The molecule has 8 heteroatoms. The van der Waals surface area contributed by atoms with Crippen molar-refractivity contribution in [1.29, 1.82) is 0 Å². The average Bonchev–Trinajstić information content (AvgIpc) is 3.30. The van der Waals surface area contributed by atoms with Crippen molar-refractivity contribution in [3.63, 3.8) is 0 Å². The number of benzene rings is 1. The topological polar surface area (TPSA) is 80.8 Å². The second-order valence-electron chi connectivity index (χ2n) is 9.32. The Bertz CT molecular complexity index is 908. The van der Waals surface area contributed by atoms with E-state index in [-0.39, 0.29) is 63.1 Å². The fourth-order valence-electron chi connectivity index (χ4n) is 4.81. The number of amides is 2. The van der Waals surface area contributed by atoms with E-state index in [0.29, 0.717) is 5.69 Å². The Morgan fingerprint density at radius 1 is 1.07 bits per heavy atom. The van der Waals surface area contributed by atoms with Crippen LogP contribution in [0.5, 0.6) is 0 Å². The van der Waals surface area contributed by atoms with E-state index in [9.17, 15) is 19.2 Å². The average molecular weight is 541 g/mol. The highest BCUT2D eigenvalue weighted by molar-refractivity contribution is 9.12. The SMILES string of the molecule is CC(C)(C)C(=O)COC(=O)c1cccc(N2C(=O)[C@@H]3[C@@H]4C[C@H]([C@H](Br)[C@@H]4Br)[C@@H]3C2=O)c1. The van der Waals surface area contributed by atoms with Gasteiger partial charge in [0.1, 0.15) is 0 Å². The molecule has 0 spiro atoms. The number of ether oxygens (including phenoxy) is 1. The maximum Gasteiger partial charge on any atom is 0.338 e. The minimum absolute atomic E-state index is 0.127. The molecule has 0 unspecified atom stereocenters. The van der Waals surface area contributed by atoms with Gasteiger partial charge in [-0.2, -0.15) is 0 Å². The fraction of sp³-hybridized carbons (Fsp3) is 0.545. The number of rotatable bonds is 4. The van der Waals surface area contributed by atoms with E-state index < -0.39 is 11.4 Å². The molecular formula is C22H23Br2NO5. The highest BCUT2D eigenvalue weighted by Gasteiger charge is 2.66. The van der Waals surface area contributed by atoms with Crippen molar-refractivity contribution in [2.24, 2.45) is 29.1 Å². The summed E-state index contributed by atoms with van der Waals surface area (Å²) in [5.74, 6) is -1.63. The summed E-state index contributed by atoms with van der Waals surface area (Å²) in [6, 6.07) is 6.29. The zero-order valence-corrected chi connectivity index (χ0v) is 20.1. The van der Waals surface area contributed by atoms with Gasteiger partial charge in [-0.1, -0.05) is 58.7 Å². The van der Waals surface area contributed by atoms with Crippen molar-refractivity contribution < 1.29 is 23.9 Å². The minimum Gasteiger partial charge on any atom is -0.454 e. The number of halogens is 2. The van der Waals surface area contributed by atoms with Crippen LogP contribution in [0.4, 0.5) is 5.69 Å². The minimum atomic E-state index is -0.658. The Labute approximate surface area is 192 Å². The molecule has 2 saturated carbocycles. The quantitative estimate of drug-likeness (QED) is 0.330. The monoisotopic (exact) mass is 539 g/mol. The van der Waals surface area contributed by atoms with Crippen molar-refractivity contribution in [1.82, 2.24) is 0 Å². The number of nitrogens with zero attached hydrogens (tertiary/aromatic N) is 1. The number of carbonyl (C=O) groups is 4. The van der Waals surface area contributed by atoms with Gasteiger partial charge in [-0.25, -0.2) is 4.79 Å². The van der Waals surface area contributed by atoms with Crippen LogP contribution < -0.4 is 4.90 Å². The van der Waals surface area contributed by atoms with E-state index in [1.54, 1.807) is 39.0 Å². The van der Waals surface area contributed by atoms with E-state index in [2.05, 4.69) is 31.9 Å². The number of alkyl halides is 2. The first-order chi connectivity index (χ1) is 14.0. The van der Waals surface area contributed by atoms with E-state index in [1.165, 1.54) is 11.0 Å². The van der Waals surface area contributed by atoms with Crippen LogP contribution in [0.15, 0.2) is 24.3 Å². The molecular weight excluding hydrogens is 518 g/mol. The Kier molecular flexibility index (Phi) is 5.46. The van der Waals surface area contributed by atoms with Crippen LogP contribution >= 0.6 is 31.9 Å². The summed E-state index contributed by atoms with van der Waals surface area (Å²) in [6.07, 6.45) is 0.862. The van der Waals surface area contributed by atoms with E-state index >= 15 is 0 Å². The van der Waals surface area contributed by atoms with Gasteiger partial charge in [-0.05, 0) is 36.5 Å². The summed E-state index contributed by atoms with van der Waals surface area (Å²) in [5.41, 5.74) is -0.0342. The predicted octanol–water partition coefficient (Wildman–Crippen LogP) is 3.74.